The summed E-state index contributed by atoms with van der Waals surface area (Å²) in [5.74, 6) is -0.0820. The fourth-order valence-electron chi connectivity index (χ4n) is 4.54. The number of carbonyl (C=O) groups excluding carboxylic acids is 1. The van der Waals surface area contributed by atoms with E-state index in [4.69, 9.17) is 11.6 Å². The molecule has 2 aliphatic rings. The zero-order valence-electron chi connectivity index (χ0n) is 17.7. The molecule has 1 amide bonds. The number of amides is 1. The highest BCUT2D eigenvalue weighted by Crippen LogP contribution is 2.42. The number of hydrogen-bond acceptors (Lipinski definition) is 3. The van der Waals surface area contributed by atoms with Gasteiger partial charge in [-0.1, -0.05) is 29.3 Å². The summed E-state index contributed by atoms with van der Waals surface area (Å²) in [6.07, 6.45) is 5.28. The van der Waals surface area contributed by atoms with Gasteiger partial charge in [0.15, 0.2) is 0 Å². The molecule has 3 atom stereocenters. The zero-order valence-corrected chi connectivity index (χ0v) is 18.4. The van der Waals surface area contributed by atoms with Crippen molar-refractivity contribution in [3.8, 4) is 6.07 Å². The lowest BCUT2D eigenvalue weighted by atomic mass is 9.75. The Morgan fingerprint density at radius 3 is 2.80 bits per heavy atom. The van der Waals surface area contributed by atoms with Crippen LogP contribution in [0, 0.1) is 23.2 Å². The average molecular weight is 431 g/mol. The maximum Gasteiger partial charge on any atom is 0.253 e. The van der Waals surface area contributed by atoms with E-state index in [1.54, 1.807) is 11.0 Å². The molecule has 1 N–H and O–H groups in total. The molecule has 1 aromatic carbocycles. The van der Waals surface area contributed by atoms with Crippen LogP contribution in [0.4, 0.5) is 4.39 Å². The lowest BCUT2D eigenvalue weighted by molar-refractivity contribution is -0.146. The van der Waals surface area contributed by atoms with Crippen molar-refractivity contribution in [3.63, 3.8) is 0 Å². The van der Waals surface area contributed by atoms with Crippen molar-refractivity contribution in [2.45, 2.75) is 51.6 Å². The van der Waals surface area contributed by atoms with Crippen LogP contribution >= 0.6 is 11.6 Å². The van der Waals surface area contributed by atoms with Crippen molar-refractivity contribution < 1.29 is 14.3 Å². The Morgan fingerprint density at radius 1 is 1.43 bits per heavy atom. The average Bonchev–Trinajstić information content (AvgIpc) is 3.16. The van der Waals surface area contributed by atoms with Crippen LogP contribution in [0.5, 0.6) is 0 Å². The third-order valence-electron chi connectivity index (χ3n) is 6.30. The smallest absolute Gasteiger partial charge is 0.253 e. The second-order valence-corrected chi connectivity index (χ2v) is 9.38. The van der Waals surface area contributed by atoms with Gasteiger partial charge in [0, 0.05) is 19.5 Å². The third kappa shape index (κ3) is 4.94. The van der Waals surface area contributed by atoms with Crippen LogP contribution in [0.2, 0.25) is 5.02 Å². The zero-order chi connectivity index (χ0) is 22.1. The summed E-state index contributed by atoms with van der Waals surface area (Å²) in [4.78, 5) is 14.3. The van der Waals surface area contributed by atoms with Crippen molar-refractivity contribution in [2.75, 3.05) is 13.1 Å². The number of allylic oxidation sites excluding steroid dienone is 4. The predicted octanol–water partition coefficient (Wildman–Crippen LogP) is 5.12. The summed E-state index contributed by atoms with van der Waals surface area (Å²) in [5.41, 5.74) is 1.17. The van der Waals surface area contributed by atoms with Crippen LogP contribution in [-0.2, 0) is 4.79 Å². The van der Waals surface area contributed by atoms with Crippen molar-refractivity contribution >= 4 is 17.5 Å². The van der Waals surface area contributed by atoms with Gasteiger partial charge in [-0.25, -0.2) is 4.39 Å². The minimum Gasteiger partial charge on any atom is -0.381 e. The van der Waals surface area contributed by atoms with Gasteiger partial charge in [0.05, 0.1) is 10.6 Å². The molecule has 160 valence electrons. The molecular formula is C24H28ClFN2O2. The van der Waals surface area contributed by atoms with Crippen LogP contribution in [0.25, 0.3) is 0 Å². The predicted molar refractivity (Wildman–Crippen MR) is 116 cm³/mol. The van der Waals surface area contributed by atoms with E-state index in [0.717, 1.165) is 24.0 Å². The SMILES string of the molecule is CC1=CC=C(F)CC1CC(c1ccc(C#N)c(Cl)c1)[C@H]1CCN(C(=O)C(C)(C)O)C1. The number of likely N-dealkylation sites (tertiary alicyclic amines) is 1. The van der Waals surface area contributed by atoms with E-state index >= 15 is 0 Å². The van der Waals surface area contributed by atoms with Crippen molar-refractivity contribution in [1.29, 1.82) is 5.26 Å². The third-order valence-corrected chi connectivity index (χ3v) is 6.61. The van der Waals surface area contributed by atoms with Crippen LogP contribution in [0.15, 0.2) is 41.8 Å². The Hall–Kier alpha value is -2.16. The van der Waals surface area contributed by atoms with Gasteiger partial charge >= 0.3 is 0 Å². The largest absolute Gasteiger partial charge is 0.381 e. The Balaban J connectivity index is 1.88. The van der Waals surface area contributed by atoms with Gasteiger partial charge < -0.3 is 10.0 Å². The topological polar surface area (TPSA) is 64.3 Å². The fourth-order valence-corrected chi connectivity index (χ4v) is 4.77. The summed E-state index contributed by atoms with van der Waals surface area (Å²) >= 11 is 6.31. The molecule has 1 aliphatic carbocycles. The molecule has 1 aliphatic heterocycles. The van der Waals surface area contributed by atoms with Crippen molar-refractivity contribution in [2.24, 2.45) is 11.8 Å². The maximum absolute atomic E-state index is 14.0. The molecular weight excluding hydrogens is 403 g/mol. The molecule has 1 aromatic rings. The van der Waals surface area contributed by atoms with E-state index in [1.807, 2.05) is 25.1 Å². The van der Waals surface area contributed by atoms with E-state index in [0.29, 0.717) is 30.1 Å². The second-order valence-electron chi connectivity index (χ2n) is 8.98. The van der Waals surface area contributed by atoms with Gasteiger partial charge in [-0.15, -0.1) is 0 Å². The quantitative estimate of drug-likeness (QED) is 0.704. The molecule has 1 saturated heterocycles. The highest BCUT2D eigenvalue weighted by atomic mass is 35.5. The molecule has 6 heteroatoms. The number of rotatable bonds is 5. The minimum absolute atomic E-state index is 0.0640. The first-order valence-corrected chi connectivity index (χ1v) is 10.7. The van der Waals surface area contributed by atoms with Gasteiger partial charge in [-0.3, -0.25) is 4.79 Å². The van der Waals surface area contributed by atoms with E-state index in [-0.39, 0.29) is 29.5 Å². The van der Waals surface area contributed by atoms with E-state index in [1.165, 1.54) is 19.9 Å². The normalized spacial score (nSPS) is 22.9. The molecule has 30 heavy (non-hydrogen) atoms. The molecule has 0 spiro atoms. The summed E-state index contributed by atoms with van der Waals surface area (Å²) in [7, 11) is 0. The lowest BCUT2D eigenvalue weighted by Gasteiger charge is -2.31. The summed E-state index contributed by atoms with van der Waals surface area (Å²) in [6, 6.07) is 7.56. The Kier molecular flexibility index (Phi) is 6.69. The Labute approximate surface area is 182 Å². The molecule has 2 unspecified atom stereocenters. The number of aliphatic hydroxyl groups is 1. The molecule has 0 bridgehead atoms. The van der Waals surface area contributed by atoms with E-state index in [2.05, 4.69) is 6.07 Å². The number of nitrogens with zero attached hydrogens (tertiary/aromatic N) is 2. The first kappa shape index (κ1) is 22.5. The highest BCUT2D eigenvalue weighted by molar-refractivity contribution is 6.31. The van der Waals surface area contributed by atoms with Crippen molar-refractivity contribution in [3.05, 3.63) is 57.9 Å². The van der Waals surface area contributed by atoms with Crippen molar-refractivity contribution in [1.82, 2.24) is 4.90 Å². The second kappa shape index (κ2) is 8.91. The maximum atomic E-state index is 14.0. The van der Waals surface area contributed by atoms with Crippen LogP contribution < -0.4 is 0 Å². The molecule has 0 saturated carbocycles. The minimum atomic E-state index is -1.40. The fraction of sp³-hybridized carbons (Fsp3) is 0.500. The number of halogens is 2. The van der Waals surface area contributed by atoms with Gasteiger partial charge in [-0.2, -0.15) is 5.26 Å². The first-order chi connectivity index (χ1) is 14.1. The highest BCUT2D eigenvalue weighted by Gasteiger charge is 2.38. The molecule has 3 rings (SSSR count). The van der Waals surface area contributed by atoms with Crippen LogP contribution in [0.1, 0.15) is 57.1 Å². The molecule has 1 fully saturated rings. The number of carbonyl (C=O) groups is 1. The summed E-state index contributed by atoms with van der Waals surface area (Å²) < 4.78 is 14.0. The standard InChI is InChI=1S/C24H28ClFN2O2/c1-15-4-7-20(26)10-19(15)11-21(16-5-6-17(13-27)22(25)12-16)18-8-9-28(14-18)23(29)24(2,3)30/h4-7,12,18-19,21,30H,8-11,14H2,1-3H3/t18-,19?,21?/m0/s1. The van der Waals surface area contributed by atoms with Gasteiger partial charge in [0.25, 0.3) is 5.91 Å². The number of nitriles is 1. The molecule has 4 nitrogen and oxygen atoms in total. The first-order valence-electron chi connectivity index (χ1n) is 10.3. The Bertz CT molecular complexity index is 926. The molecule has 0 aromatic heterocycles. The van der Waals surface area contributed by atoms with Gasteiger partial charge in [0.1, 0.15) is 17.5 Å². The van der Waals surface area contributed by atoms with E-state index < -0.39 is 5.60 Å². The van der Waals surface area contributed by atoms with Gasteiger partial charge in [0.2, 0.25) is 0 Å². The summed E-state index contributed by atoms with van der Waals surface area (Å²) in [6.45, 7) is 6.16. The summed E-state index contributed by atoms with van der Waals surface area (Å²) in [5, 5.41) is 19.7. The number of hydrogen-bond donors (Lipinski definition) is 1. The van der Waals surface area contributed by atoms with Crippen LogP contribution in [0.3, 0.4) is 0 Å². The Morgan fingerprint density at radius 2 is 2.17 bits per heavy atom. The lowest BCUT2D eigenvalue weighted by Crippen LogP contribution is -2.44. The monoisotopic (exact) mass is 430 g/mol. The van der Waals surface area contributed by atoms with Gasteiger partial charge in [-0.05, 0) is 75.1 Å². The molecule has 1 heterocycles. The van der Waals surface area contributed by atoms with Crippen LogP contribution in [-0.4, -0.2) is 34.6 Å². The van der Waals surface area contributed by atoms with E-state index in [9.17, 15) is 19.6 Å². The molecule has 0 radical (unpaired) electrons. The number of benzene rings is 1.